The highest BCUT2D eigenvalue weighted by Gasteiger charge is 2.54. The first kappa shape index (κ1) is 27.1. The Kier molecular flexibility index (Phi) is 8.02. The number of rotatable bonds is 7. The van der Waals surface area contributed by atoms with Crippen LogP contribution in [0.15, 0.2) is 83.8 Å². The van der Waals surface area contributed by atoms with Crippen LogP contribution in [0.2, 0.25) is 0 Å². The third-order valence-electron chi connectivity index (χ3n) is 5.32. The molecule has 3 aromatic carbocycles. The van der Waals surface area contributed by atoms with E-state index in [1.165, 1.54) is 43.5 Å². The molecular formula is C27H26F3NO4S. The van der Waals surface area contributed by atoms with Crippen LogP contribution in [0.3, 0.4) is 0 Å². The fraction of sp³-hybridized carbons (Fsp3) is 0.259. The van der Waals surface area contributed by atoms with Crippen molar-refractivity contribution >= 4 is 15.7 Å². The van der Waals surface area contributed by atoms with Gasteiger partial charge in [0.05, 0.1) is 17.7 Å². The van der Waals surface area contributed by atoms with Crippen LogP contribution in [0, 0.1) is 17.8 Å². The Hall–Kier alpha value is -3.48. The summed E-state index contributed by atoms with van der Waals surface area (Å²) >= 11 is 0. The number of sulfonamides is 1. The second-order valence-corrected chi connectivity index (χ2v) is 10.3. The predicted octanol–water partition coefficient (Wildman–Crippen LogP) is 5.35. The van der Waals surface area contributed by atoms with Crippen molar-refractivity contribution in [1.29, 1.82) is 0 Å². The number of hydrogen-bond donors (Lipinski definition) is 1. The van der Waals surface area contributed by atoms with Crippen LogP contribution >= 0.6 is 0 Å². The topological polar surface area (TPSA) is 66.8 Å². The summed E-state index contributed by atoms with van der Waals surface area (Å²) in [6, 6.07) is 18.4. The van der Waals surface area contributed by atoms with E-state index in [0.29, 0.717) is 5.75 Å². The molecule has 3 aromatic rings. The Morgan fingerprint density at radius 2 is 1.53 bits per heavy atom. The zero-order chi connectivity index (χ0) is 26.6. The Morgan fingerprint density at radius 1 is 0.944 bits per heavy atom. The highest BCUT2D eigenvalue weighted by atomic mass is 32.2. The van der Waals surface area contributed by atoms with E-state index in [9.17, 15) is 26.7 Å². The molecule has 0 radical (unpaired) electrons. The van der Waals surface area contributed by atoms with Gasteiger partial charge >= 0.3 is 6.18 Å². The molecule has 0 saturated heterocycles. The molecule has 0 bridgehead atoms. The van der Waals surface area contributed by atoms with Crippen LogP contribution < -0.4 is 9.04 Å². The number of methoxy groups -OCH3 is 1. The smallest absolute Gasteiger partial charge is 0.433 e. The monoisotopic (exact) mass is 517 g/mol. The molecule has 0 aliphatic carbocycles. The van der Waals surface area contributed by atoms with Gasteiger partial charge in [0.25, 0.3) is 10.0 Å². The van der Waals surface area contributed by atoms with Gasteiger partial charge in [-0.05, 0) is 60.4 Å². The molecule has 1 unspecified atom stereocenters. The van der Waals surface area contributed by atoms with Crippen molar-refractivity contribution in [1.82, 2.24) is 0 Å². The molecule has 9 heteroatoms. The molecule has 0 saturated carbocycles. The van der Waals surface area contributed by atoms with Crippen molar-refractivity contribution in [2.45, 2.75) is 30.5 Å². The first-order valence-corrected chi connectivity index (χ1v) is 12.5. The summed E-state index contributed by atoms with van der Waals surface area (Å²) < 4.78 is 74.6. The van der Waals surface area contributed by atoms with Gasteiger partial charge < -0.3 is 9.84 Å². The maximum absolute atomic E-state index is 14.0. The van der Waals surface area contributed by atoms with E-state index >= 15 is 0 Å². The lowest BCUT2D eigenvalue weighted by Gasteiger charge is -2.28. The maximum Gasteiger partial charge on any atom is 0.433 e. The molecule has 0 heterocycles. The summed E-state index contributed by atoms with van der Waals surface area (Å²) in [7, 11) is -2.51. The third kappa shape index (κ3) is 5.83. The number of alkyl halides is 3. The molecule has 0 aromatic heterocycles. The van der Waals surface area contributed by atoms with Crippen molar-refractivity contribution in [3.05, 3.63) is 90.0 Å². The second kappa shape index (κ2) is 10.6. The second-order valence-electron chi connectivity index (χ2n) is 8.48. The van der Waals surface area contributed by atoms with Gasteiger partial charge in [-0.3, -0.25) is 4.31 Å². The Labute approximate surface area is 209 Å². The number of anilines is 1. The normalized spacial score (nSPS) is 13.4. The molecule has 3 rings (SSSR count). The first-order chi connectivity index (χ1) is 16.9. The van der Waals surface area contributed by atoms with Gasteiger partial charge in [-0.2, -0.15) is 13.2 Å². The van der Waals surface area contributed by atoms with Crippen molar-refractivity contribution in [3.63, 3.8) is 0 Å². The Balaban J connectivity index is 2.02. The number of hydrogen-bond acceptors (Lipinski definition) is 4. The minimum atomic E-state index is -5.11. The molecule has 1 N–H and O–H groups in total. The molecule has 0 amide bonds. The summed E-state index contributed by atoms with van der Waals surface area (Å²) in [5, 5.41) is 10.6. The number of nitrogens with zero attached hydrogens (tertiary/aromatic N) is 1. The van der Waals surface area contributed by atoms with E-state index in [1.807, 2.05) is 19.8 Å². The van der Waals surface area contributed by atoms with Crippen molar-refractivity contribution in [3.8, 4) is 17.6 Å². The van der Waals surface area contributed by atoms with E-state index in [2.05, 4.69) is 5.92 Å². The van der Waals surface area contributed by atoms with Crippen LogP contribution in [0.5, 0.6) is 5.75 Å². The molecule has 190 valence electrons. The third-order valence-corrected chi connectivity index (χ3v) is 7.13. The standard InChI is InChI=1S/C27H26F3NO4S/c1-20(2)19-31(36(33,34)25-7-5-4-6-8-25)23-13-11-22(12-14-23)26(32,27(28,29)30)18-17-21-9-15-24(35-3)16-10-21/h4-16,20,32H,19H2,1-3H3. The average molecular weight is 518 g/mol. The van der Waals surface area contributed by atoms with E-state index in [1.54, 1.807) is 30.3 Å². The average Bonchev–Trinajstić information content (AvgIpc) is 2.86. The van der Waals surface area contributed by atoms with Gasteiger partial charge in [0.2, 0.25) is 5.60 Å². The summed E-state index contributed by atoms with van der Waals surface area (Å²) in [6.07, 6.45) is -5.11. The van der Waals surface area contributed by atoms with Gasteiger partial charge in [-0.25, -0.2) is 8.42 Å². The minimum absolute atomic E-state index is 0.0619. The van der Waals surface area contributed by atoms with Crippen molar-refractivity contribution in [2.24, 2.45) is 5.92 Å². The SMILES string of the molecule is COc1ccc(C#CC(O)(c2ccc(N(CC(C)C)S(=O)(=O)c3ccccc3)cc2)C(F)(F)F)cc1. The Morgan fingerprint density at radius 3 is 2.03 bits per heavy atom. The summed E-state index contributed by atoms with van der Waals surface area (Å²) in [5.74, 6) is 4.77. The number of aliphatic hydroxyl groups is 1. The van der Waals surface area contributed by atoms with Crippen LogP contribution in [0.1, 0.15) is 25.0 Å². The first-order valence-electron chi connectivity index (χ1n) is 11.0. The predicted molar refractivity (Wildman–Crippen MR) is 132 cm³/mol. The molecule has 0 aliphatic heterocycles. The van der Waals surface area contributed by atoms with Gasteiger partial charge in [-0.1, -0.05) is 50.1 Å². The molecule has 36 heavy (non-hydrogen) atoms. The van der Waals surface area contributed by atoms with Gasteiger partial charge in [0.15, 0.2) is 0 Å². The molecular weight excluding hydrogens is 491 g/mol. The van der Waals surface area contributed by atoms with Gasteiger partial charge in [-0.15, -0.1) is 0 Å². The summed E-state index contributed by atoms with van der Waals surface area (Å²) in [5.41, 5.74) is -3.57. The van der Waals surface area contributed by atoms with E-state index in [4.69, 9.17) is 4.74 Å². The van der Waals surface area contributed by atoms with Gasteiger partial charge in [0.1, 0.15) is 5.75 Å². The molecule has 5 nitrogen and oxygen atoms in total. The highest BCUT2D eigenvalue weighted by Crippen LogP contribution is 2.39. The summed E-state index contributed by atoms with van der Waals surface area (Å²) in [4.78, 5) is 0.0619. The molecule has 0 aliphatic rings. The number of benzene rings is 3. The number of halogens is 3. The largest absolute Gasteiger partial charge is 0.497 e. The minimum Gasteiger partial charge on any atom is -0.497 e. The molecule has 0 fully saturated rings. The van der Waals surface area contributed by atoms with E-state index in [-0.39, 0.29) is 28.6 Å². The van der Waals surface area contributed by atoms with Crippen molar-refractivity contribution < 1.29 is 31.4 Å². The quantitative estimate of drug-likeness (QED) is 0.429. The van der Waals surface area contributed by atoms with Crippen molar-refractivity contribution in [2.75, 3.05) is 18.0 Å². The Bertz CT molecular complexity index is 1330. The lowest BCUT2D eigenvalue weighted by molar-refractivity contribution is -0.240. The van der Waals surface area contributed by atoms with E-state index < -0.39 is 27.4 Å². The van der Waals surface area contributed by atoms with Crippen LogP contribution in [0.25, 0.3) is 0 Å². The zero-order valence-electron chi connectivity index (χ0n) is 20.0. The van der Waals surface area contributed by atoms with Crippen LogP contribution in [-0.2, 0) is 15.6 Å². The molecule has 1 atom stereocenters. The fourth-order valence-corrected chi connectivity index (χ4v) is 5.06. The maximum atomic E-state index is 14.0. The van der Waals surface area contributed by atoms with Crippen LogP contribution in [-0.4, -0.2) is 33.4 Å². The van der Waals surface area contributed by atoms with Crippen LogP contribution in [0.4, 0.5) is 18.9 Å². The molecule has 0 spiro atoms. The lowest BCUT2D eigenvalue weighted by Crippen LogP contribution is -2.41. The highest BCUT2D eigenvalue weighted by molar-refractivity contribution is 7.92. The number of ether oxygens (including phenoxy) is 1. The zero-order valence-corrected chi connectivity index (χ0v) is 20.8. The van der Waals surface area contributed by atoms with Gasteiger partial charge in [0, 0.05) is 17.7 Å². The summed E-state index contributed by atoms with van der Waals surface area (Å²) in [6.45, 7) is 3.77. The lowest BCUT2D eigenvalue weighted by atomic mass is 9.93. The van der Waals surface area contributed by atoms with E-state index in [0.717, 1.165) is 16.4 Å². The fourth-order valence-electron chi connectivity index (χ4n) is 3.41.